The van der Waals surface area contributed by atoms with Crippen molar-refractivity contribution in [3.05, 3.63) is 113 Å². The van der Waals surface area contributed by atoms with Gasteiger partial charge in [-0.3, -0.25) is 0 Å². The Hall–Kier alpha value is -3.99. The molecule has 1 aliphatic carbocycles. The van der Waals surface area contributed by atoms with Crippen molar-refractivity contribution in [3.63, 3.8) is 0 Å². The molecule has 1 N–H and O–H groups in total. The second-order valence-electron chi connectivity index (χ2n) is 10.1. The Morgan fingerprint density at radius 2 is 1.12 bits per heavy atom. The van der Waals surface area contributed by atoms with Gasteiger partial charge < -0.3 is 9.84 Å². The predicted octanol–water partition coefficient (Wildman–Crippen LogP) is 9.14. The van der Waals surface area contributed by atoms with E-state index in [0.717, 1.165) is 17.7 Å². The van der Waals surface area contributed by atoms with E-state index in [4.69, 9.17) is 0 Å². The van der Waals surface area contributed by atoms with Crippen molar-refractivity contribution in [2.24, 2.45) is 0 Å². The summed E-state index contributed by atoms with van der Waals surface area (Å²) < 4.78 is 133. The van der Waals surface area contributed by atoms with Gasteiger partial charge in [-0.25, -0.2) is 30.7 Å². The monoisotopic (exact) mass is 596 g/mol. The Labute approximate surface area is 234 Å². The molecular formula is C31H21F9O2. The van der Waals surface area contributed by atoms with Crippen LogP contribution in [0.25, 0.3) is 22.3 Å². The topological polar surface area (TPSA) is 29.5 Å². The van der Waals surface area contributed by atoms with Crippen LogP contribution in [0.3, 0.4) is 0 Å². The van der Waals surface area contributed by atoms with Crippen molar-refractivity contribution in [3.8, 4) is 28.0 Å². The van der Waals surface area contributed by atoms with Gasteiger partial charge in [-0.15, -0.1) is 0 Å². The van der Waals surface area contributed by atoms with Crippen LogP contribution in [0.2, 0.25) is 0 Å². The molecule has 0 heterocycles. The van der Waals surface area contributed by atoms with Crippen LogP contribution in [0.15, 0.2) is 60.7 Å². The Morgan fingerprint density at radius 3 is 1.69 bits per heavy atom. The highest BCUT2D eigenvalue weighted by atomic mass is 19.3. The third-order valence-corrected chi connectivity index (χ3v) is 7.29. The van der Waals surface area contributed by atoms with Gasteiger partial charge >= 0.3 is 6.11 Å². The Morgan fingerprint density at radius 1 is 0.595 bits per heavy atom. The van der Waals surface area contributed by atoms with Crippen molar-refractivity contribution in [2.75, 3.05) is 0 Å². The van der Waals surface area contributed by atoms with Gasteiger partial charge in [0.15, 0.2) is 17.5 Å². The van der Waals surface area contributed by atoms with Gasteiger partial charge in [0.25, 0.3) is 0 Å². The van der Waals surface area contributed by atoms with Crippen LogP contribution in [-0.4, -0.2) is 11.2 Å². The zero-order valence-electron chi connectivity index (χ0n) is 21.5. The third kappa shape index (κ3) is 5.83. The van der Waals surface area contributed by atoms with Gasteiger partial charge in [-0.2, -0.15) is 8.78 Å². The van der Waals surface area contributed by atoms with Gasteiger partial charge in [0, 0.05) is 23.3 Å². The van der Waals surface area contributed by atoms with Gasteiger partial charge in [-0.1, -0.05) is 24.3 Å². The molecule has 11 heteroatoms. The first-order valence-electron chi connectivity index (χ1n) is 12.8. The molecule has 220 valence electrons. The first-order valence-corrected chi connectivity index (χ1v) is 12.8. The smallest absolute Gasteiger partial charge is 0.429 e. The quantitative estimate of drug-likeness (QED) is 0.178. The normalized spacial score (nSPS) is 17.4. The second kappa shape index (κ2) is 11.4. The molecule has 1 fully saturated rings. The fraction of sp³-hybridized carbons (Fsp3) is 0.226. The van der Waals surface area contributed by atoms with Gasteiger partial charge in [0.2, 0.25) is 0 Å². The Kier molecular flexibility index (Phi) is 7.98. The molecule has 0 bridgehead atoms. The molecule has 4 aromatic rings. The minimum Gasteiger partial charge on any atom is -0.429 e. The number of ether oxygens (including phenoxy) is 1. The number of aliphatic hydroxyl groups is 1. The molecular weight excluding hydrogens is 575 g/mol. The predicted molar refractivity (Wildman–Crippen MR) is 135 cm³/mol. The zero-order valence-corrected chi connectivity index (χ0v) is 21.5. The number of hydrogen-bond donors (Lipinski definition) is 1. The van der Waals surface area contributed by atoms with E-state index >= 15 is 4.39 Å². The molecule has 0 aliphatic heterocycles. The first kappa shape index (κ1) is 29.5. The van der Waals surface area contributed by atoms with Crippen molar-refractivity contribution in [1.29, 1.82) is 0 Å². The summed E-state index contributed by atoms with van der Waals surface area (Å²) in [5, 5.41) is 9.69. The highest BCUT2D eigenvalue weighted by Gasteiger charge is 2.41. The Bertz CT molecular complexity index is 1600. The van der Waals surface area contributed by atoms with Crippen LogP contribution in [0, 0.1) is 40.7 Å². The third-order valence-electron chi connectivity index (χ3n) is 7.29. The standard InChI is InChI=1S/C31H21F9O2/c32-23-9-16(15-1-5-19(41)6-2-15)3-7-21(23)17-4-8-22(24(33)10-17)18-11-25(34)29(26(35)12-18)31(39,40)42-20-13-27(36)30(38)28(37)14-20/h3-4,7-15,19,41H,1-2,5-6H2. The summed E-state index contributed by atoms with van der Waals surface area (Å²) >= 11 is 0. The minimum atomic E-state index is -4.80. The maximum Gasteiger partial charge on any atom is 0.432 e. The van der Waals surface area contributed by atoms with Crippen molar-refractivity contribution < 1.29 is 49.4 Å². The Balaban J connectivity index is 1.40. The summed E-state index contributed by atoms with van der Waals surface area (Å²) in [6, 6.07) is 8.86. The molecule has 4 aromatic carbocycles. The number of aliphatic hydroxyl groups excluding tert-OH is 1. The summed E-state index contributed by atoms with van der Waals surface area (Å²) in [5.41, 5.74) is -1.84. The fourth-order valence-electron chi connectivity index (χ4n) is 5.14. The van der Waals surface area contributed by atoms with Crippen LogP contribution in [0.1, 0.15) is 42.7 Å². The van der Waals surface area contributed by atoms with Crippen LogP contribution >= 0.6 is 0 Å². The molecule has 0 aromatic heterocycles. The van der Waals surface area contributed by atoms with Crippen LogP contribution in [0.4, 0.5) is 39.5 Å². The minimum absolute atomic E-state index is 0.0678. The number of alkyl halides is 2. The van der Waals surface area contributed by atoms with Crippen molar-refractivity contribution in [1.82, 2.24) is 0 Å². The van der Waals surface area contributed by atoms with Crippen LogP contribution < -0.4 is 4.74 Å². The molecule has 1 saturated carbocycles. The van der Waals surface area contributed by atoms with Gasteiger partial charge in [0.1, 0.15) is 34.6 Å². The molecule has 0 amide bonds. The summed E-state index contributed by atoms with van der Waals surface area (Å²) in [4.78, 5) is 0. The number of benzene rings is 4. The van der Waals surface area contributed by atoms with E-state index in [0.29, 0.717) is 37.8 Å². The lowest BCUT2D eigenvalue weighted by Gasteiger charge is -2.26. The number of hydrogen-bond acceptors (Lipinski definition) is 2. The SMILES string of the molecule is OC1CCC(c2ccc(-c3ccc(-c4cc(F)c(C(F)(F)Oc5cc(F)c(F)c(F)c5)c(F)c4)c(F)c3)c(F)c2)CC1. The molecule has 0 saturated heterocycles. The van der Waals surface area contributed by atoms with Crippen LogP contribution in [-0.2, 0) is 6.11 Å². The molecule has 1 aliphatic rings. The van der Waals surface area contributed by atoms with Gasteiger partial charge in [-0.05, 0) is 72.6 Å². The summed E-state index contributed by atoms with van der Waals surface area (Å²) in [6.07, 6.45) is -2.53. The lowest BCUT2D eigenvalue weighted by molar-refractivity contribution is -0.189. The first-order chi connectivity index (χ1) is 19.8. The molecule has 0 spiro atoms. The van der Waals surface area contributed by atoms with E-state index in [-0.39, 0.29) is 40.8 Å². The highest BCUT2D eigenvalue weighted by molar-refractivity contribution is 5.72. The van der Waals surface area contributed by atoms with Crippen molar-refractivity contribution in [2.45, 2.75) is 43.8 Å². The maximum atomic E-state index is 15.1. The van der Waals surface area contributed by atoms with E-state index in [2.05, 4.69) is 4.74 Å². The summed E-state index contributed by atoms with van der Waals surface area (Å²) in [6.45, 7) is 0. The average Bonchev–Trinajstić information content (AvgIpc) is 2.91. The molecule has 2 nitrogen and oxygen atoms in total. The maximum absolute atomic E-state index is 15.1. The van der Waals surface area contributed by atoms with Crippen LogP contribution in [0.5, 0.6) is 5.75 Å². The lowest BCUT2D eigenvalue weighted by atomic mass is 9.82. The molecule has 0 radical (unpaired) electrons. The summed E-state index contributed by atoms with van der Waals surface area (Å²) in [5.74, 6) is -12.2. The highest BCUT2D eigenvalue weighted by Crippen LogP contribution is 2.39. The molecule has 0 atom stereocenters. The number of halogens is 9. The number of rotatable bonds is 6. The second-order valence-corrected chi connectivity index (χ2v) is 10.1. The molecule has 5 rings (SSSR count). The van der Waals surface area contributed by atoms with E-state index in [1.54, 1.807) is 6.07 Å². The molecule has 42 heavy (non-hydrogen) atoms. The fourth-order valence-corrected chi connectivity index (χ4v) is 5.14. The summed E-state index contributed by atoms with van der Waals surface area (Å²) in [7, 11) is 0. The van der Waals surface area contributed by atoms with E-state index in [9.17, 15) is 40.2 Å². The van der Waals surface area contributed by atoms with Gasteiger partial charge in [0.05, 0.1) is 6.10 Å². The van der Waals surface area contributed by atoms with Crippen molar-refractivity contribution >= 4 is 0 Å². The average molecular weight is 596 g/mol. The lowest BCUT2D eigenvalue weighted by Crippen LogP contribution is -2.25. The molecule has 0 unspecified atom stereocenters. The van der Waals surface area contributed by atoms with E-state index < -0.39 is 63.7 Å². The largest absolute Gasteiger partial charge is 0.432 e. The zero-order chi connectivity index (χ0) is 30.3. The van der Waals surface area contributed by atoms with E-state index in [1.165, 1.54) is 18.2 Å². The van der Waals surface area contributed by atoms with E-state index in [1.807, 2.05) is 0 Å².